The largest absolute Gasteiger partial charge is 0.465 e. The smallest absolute Gasteiger partial charge is 0.338 e. The Labute approximate surface area is 89.7 Å². The molecule has 3 heteroatoms. The van der Waals surface area contributed by atoms with Crippen molar-refractivity contribution in [2.24, 2.45) is 0 Å². The molecule has 0 spiro atoms. The number of methoxy groups -OCH3 is 1. The van der Waals surface area contributed by atoms with Crippen molar-refractivity contribution in [2.45, 2.75) is 13.3 Å². The van der Waals surface area contributed by atoms with E-state index in [-0.39, 0.29) is 5.97 Å². The number of carbonyl (C=O) groups excluding carboxylic acids is 1. The molecule has 0 fully saturated rings. The average molecular weight is 210 g/mol. The summed E-state index contributed by atoms with van der Waals surface area (Å²) in [6.45, 7) is 1.91. The predicted octanol–water partition coefficient (Wildman–Crippen LogP) is 2.25. The van der Waals surface area contributed by atoms with Crippen molar-refractivity contribution in [3.8, 4) is 0 Å². The molecule has 0 aliphatic carbocycles. The molecule has 0 N–H and O–H groups in total. The van der Waals surface area contributed by atoms with Gasteiger partial charge in [-0.05, 0) is 36.3 Å². The van der Waals surface area contributed by atoms with Gasteiger partial charge < -0.3 is 4.74 Å². The highest BCUT2D eigenvalue weighted by atomic mass is 32.1. The molecule has 0 saturated heterocycles. The Kier molecular flexibility index (Phi) is 4.01. The number of carbonyl (C=O) groups is 1. The van der Waals surface area contributed by atoms with E-state index in [1.165, 1.54) is 12.7 Å². The number of aryl methyl sites for hydroxylation is 2. The summed E-state index contributed by atoms with van der Waals surface area (Å²) < 4.78 is 4.66. The number of benzene rings is 1. The predicted molar refractivity (Wildman–Crippen MR) is 60.1 cm³/mol. The number of ether oxygens (including phenoxy) is 1. The van der Waals surface area contributed by atoms with Gasteiger partial charge in [0.2, 0.25) is 0 Å². The van der Waals surface area contributed by atoms with Crippen LogP contribution in [0.4, 0.5) is 0 Å². The van der Waals surface area contributed by atoms with Crippen molar-refractivity contribution < 1.29 is 9.53 Å². The molecule has 0 amide bonds. The van der Waals surface area contributed by atoms with Gasteiger partial charge in [-0.1, -0.05) is 12.1 Å². The monoisotopic (exact) mass is 210 g/mol. The minimum atomic E-state index is -0.278. The van der Waals surface area contributed by atoms with Gasteiger partial charge in [-0.15, -0.1) is 0 Å². The Balaban J connectivity index is 2.95. The van der Waals surface area contributed by atoms with Gasteiger partial charge >= 0.3 is 5.97 Å². The van der Waals surface area contributed by atoms with Crippen LogP contribution in [-0.2, 0) is 11.2 Å². The number of hydrogen-bond donors (Lipinski definition) is 1. The van der Waals surface area contributed by atoms with Crippen LogP contribution in [0.25, 0.3) is 0 Å². The Morgan fingerprint density at radius 2 is 2.21 bits per heavy atom. The van der Waals surface area contributed by atoms with Crippen LogP contribution in [0.5, 0.6) is 0 Å². The highest BCUT2D eigenvalue weighted by molar-refractivity contribution is 7.80. The molecule has 1 rings (SSSR count). The molecule has 2 nitrogen and oxygen atoms in total. The lowest BCUT2D eigenvalue weighted by molar-refractivity contribution is 0.0600. The maximum Gasteiger partial charge on any atom is 0.338 e. The molecule has 0 atom stereocenters. The van der Waals surface area contributed by atoms with E-state index in [1.54, 1.807) is 6.07 Å². The summed E-state index contributed by atoms with van der Waals surface area (Å²) in [5.74, 6) is 0.539. The Morgan fingerprint density at radius 1 is 1.50 bits per heavy atom. The van der Waals surface area contributed by atoms with Gasteiger partial charge in [0.25, 0.3) is 0 Å². The van der Waals surface area contributed by atoms with Crippen LogP contribution in [0.2, 0.25) is 0 Å². The van der Waals surface area contributed by atoms with Gasteiger partial charge in [-0.3, -0.25) is 0 Å². The molecule has 0 bridgehead atoms. The van der Waals surface area contributed by atoms with Crippen LogP contribution >= 0.6 is 12.6 Å². The fourth-order valence-electron chi connectivity index (χ4n) is 1.35. The van der Waals surface area contributed by atoms with E-state index in [0.717, 1.165) is 17.7 Å². The van der Waals surface area contributed by atoms with Crippen molar-refractivity contribution in [2.75, 3.05) is 12.9 Å². The van der Waals surface area contributed by atoms with Crippen molar-refractivity contribution >= 4 is 18.6 Å². The zero-order valence-corrected chi connectivity index (χ0v) is 9.30. The van der Waals surface area contributed by atoms with Crippen molar-refractivity contribution in [1.82, 2.24) is 0 Å². The van der Waals surface area contributed by atoms with Crippen LogP contribution in [0.3, 0.4) is 0 Å². The van der Waals surface area contributed by atoms with Crippen LogP contribution in [0.15, 0.2) is 18.2 Å². The molecule has 0 saturated carbocycles. The highest BCUT2D eigenvalue weighted by Gasteiger charge is 2.08. The summed E-state index contributed by atoms with van der Waals surface area (Å²) in [5.41, 5.74) is 2.79. The summed E-state index contributed by atoms with van der Waals surface area (Å²) in [5, 5.41) is 0. The van der Waals surface area contributed by atoms with Gasteiger partial charge in [0, 0.05) is 0 Å². The van der Waals surface area contributed by atoms with Crippen LogP contribution in [0, 0.1) is 6.92 Å². The molecule has 1 aromatic rings. The molecule has 14 heavy (non-hydrogen) atoms. The molecule has 76 valence electrons. The Bertz CT molecular complexity index is 334. The minimum Gasteiger partial charge on any atom is -0.465 e. The van der Waals surface area contributed by atoms with Crippen molar-refractivity contribution in [1.29, 1.82) is 0 Å². The first-order chi connectivity index (χ1) is 6.69. The maximum absolute atomic E-state index is 11.3. The van der Waals surface area contributed by atoms with Gasteiger partial charge in [-0.25, -0.2) is 4.79 Å². The van der Waals surface area contributed by atoms with Crippen LogP contribution < -0.4 is 0 Å². The fourth-order valence-corrected chi connectivity index (χ4v) is 1.61. The highest BCUT2D eigenvalue weighted by Crippen LogP contribution is 2.12. The Morgan fingerprint density at radius 3 is 2.71 bits per heavy atom. The van der Waals surface area contributed by atoms with E-state index in [4.69, 9.17) is 0 Å². The summed E-state index contributed by atoms with van der Waals surface area (Å²) in [7, 11) is 1.39. The van der Waals surface area contributed by atoms with Crippen molar-refractivity contribution in [3.05, 3.63) is 34.9 Å². The standard InChI is InChI=1S/C11H14O2S/c1-8-7-9(5-6-14)3-4-10(8)11(12)13-2/h3-4,7,14H,5-6H2,1-2H3. The van der Waals surface area contributed by atoms with Gasteiger partial charge in [0.15, 0.2) is 0 Å². The number of rotatable bonds is 3. The summed E-state index contributed by atoms with van der Waals surface area (Å²) in [6.07, 6.45) is 0.922. The first-order valence-corrected chi connectivity index (χ1v) is 5.11. The second-order valence-electron chi connectivity index (χ2n) is 3.11. The van der Waals surface area contributed by atoms with E-state index >= 15 is 0 Å². The van der Waals surface area contributed by atoms with E-state index in [9.17, 15) is 4.79 Å². The quantitative estimate of drug-likeness (QED) is 0.612. The van der Waals surface area contributed by atoms with E-state index in [2.05, 4.69) is 17.4 Å². The lowest BCUT2D eigenvalue weighted by Gasteiger charge is -2.05. The second-order valence-corrected chi connectivity index (χ2v) is 3.56. The van der Waals surface area contributed by atoms with Gasteiger partial charge in [0.1, 0.15) is 0 Å². The SMILES string of the molecule is COC(=O)c1ccc(CCS)cc1C. The summed E-state index contributed by atoms with van der Waals surface area (Å²) >= 11 is 4.16. The molecule has 1 aromatic carbocycles. The molecule has 0 radical (unpaired) electrons. The zero-order chi connectivity index (χ0) is 10.6. The second kappa shape index (κ2) is 5.05. The summed E-state index contributed by atoms with van der Waals surface area (Å²) in [6, 6.07) is 5.75. The minimum absolute atomic E-state index is 0.278. The molecule has 0 aliphatic heterocycles. The number of esters is 1. The zero-order valence-electron chi connectivity index (χ0n) is 8.41. The third-order valence-corrected chi connectivity index (χ3v) is 2.32. The first-order valence-electron chi connectivity index (χ1n) is 4.47. The molecule has 0 aliphatic rings. The fraction of sp³-hybridized carbons (Fsp3) is 0.364. The number of hydrogen-bond acceptors (Lipinski definition) is 3. The normalized spacial score (nSPS) is 9.93. The lowest BCUT2D eigenvalue weighted by Crippen LogP contribution is -2.04. The van der Waals surface area contributed by atoms with Gasteiger partial charge in [-0.2, -0.15) is 12.6 Å². The molecule has 0 aromatic heterocycles. The van der Waals surface area contributed by atoms with Crippen LogP contribution in [0.1, 0.15) is 21.5 Å². The van der Waals surface area contributed by atoms with E-state index < -0.39 is 0 Å². The Hall–Kier alpha value is -0.960. The van der Waals surface area contributed by atoms with Crippen molar-refractivity contribution in [3.63, 3.8) is 0 Å². The molecule has 0 heterocycles. The topological polar surface area (TPSA) is 26.3 Å². The van der Waals surface area contributed by atoms with E-state index in [0.29, 0.717) is 5.56 Å². The third-order valence-electron chi connectivity index (χ3n) is 2.10. The summed E-state index contributed by atoms with van der Waals surface area (Å²) in [4.78, 5) is 11.3. The number of thiol groups is 1. The molecular weight excluding hydrogens is 196 g/mol. The van der Waals surface area contributed by atoms with Crippen LogP contribution in [-0.4, -0.2) is 18.8 Å². The van der Waals surface area contributed by atoms with Gasteiger partial charge in [0.05, 0.1) is 12.7 Å². The lowest BCUT2D eigenvalue weighted by atomic mass is 10.0. The van der Waals surface area contributed by atoms with E-state index in [1.807, 2.05) is 19.1 Å². The molecule has 0 unspecified atom stereocenters. The first kappa shape index (κ1) is 11.1. The molecular formula is C11H14O2S. The maximum atomic E-state index is 11.3. The average Bonchev–Trinajstić information content (AvgIpc) is 2.17. The third kappa shape index (κ3) is 2.51.